The van der Waals surface area contributed by atoms with Crippen LogP contribution in [0.25, 0.3) is 22.2 Å². The number of H-pyrrole nitrogens is 1. The van der Waals surface area contributed by atoms with E-state index in [1.54, 1.807) is 12.1 Å². The van der Waals surface area contributed by atoms with Crippen LogP contribution in [0.5, 0.6) is 0 Å². The quantitative estimate of drug-likeness (QED) is 0.394. The minimum Gasteiger partial charge on any atom is -0.331 e. The number of fused-ring (bicyclic) bond motifs is 1. The fourth-order valence-electron chi connectivity index (χ4n) is 3.24. The van der Waals surface area contributed by atoms with E-state index in [4.69, 9.17) is 5.14 Å². The molecule has 0 spiro atoms. The molecule has 0 aliphatic heterocycles. The van der Waals surface area contributed by atoms with Gasteiger partial charge in [-0.3, -0.25) is 0 Å². The van der Waals surface area contributed by atoms with Gasteiger partial charge >= 0.3 is 6.18 Å². The molecule has 4 aromatic rings. The molecule has 33 heavy (non-hydrogen) atoms. The Labute approximate surface area is 187 Å². The van der Waals surface area contributed by atoms with Crippen LogP contribution in [0.4, 0.5) is 13.2 Å². The number of hydrogen-bond donors (Lipinski definition) is 3. The van der Waals surface area contributed by atoms with E-state index < -0.39 is 21.9 Å². The molecule has 3 aromatic carbocycles. The second-order valence-corrected chi connectivity index (χ2v) is 8.54. The third-order valence-electron chi connectivity index (χ3n) is 4.81. The van der Waals surface area contributed by atoms with E-state index in [9.17, 15) is 21.6 Å². The molecule has 0 radical (unpaired) electrons. The van der Waals surface area contributed by atoms with E-state index in [0.29, 0.717) is 16.9 Å². The zero-order chi connectivity index (χ0) is 23.6. The van der Waals surface area contributed by atoms with Crippen molar-refractivity contribution in [3.63, 3.8) is 0 Å². The summed E-state index contributed by atoms with van der Waals surface area (Å²) in [6, 6.07) is 17.4. The average molecular weight is 470 g/mol. The third kappa shape index (κ3) is 5.59. The Bertz CT molecular complexity index is 1480. The Kier molecular flexibility index (Phi) is 5.95. The predicted molar refractivity (Wildman–Crippen MR) is 119 cm³/mol. The molecule has 0 saturated carbocycles. The van der Waals surface area contributed by atoms with Crippen molar-refractivity contribution in [1.82, 2.24) is 14.7 Å². The van der Waals surface area contributed by atoms with Crippen LogP contribution in [0, 0.1) is 11.8 Å². The number of nitrogens with two attached hydrogens (primary N) is 1. The summed E-state index contributed by atoms with van der Waals surface area (Å²) in [6.45, 7) is 0.0392. The first-order valence-electron chi connectivity index (χ1n) is 9.63. The standard InChI is InChI=1S/C23H17F3N4O2S/c24-23(25,26)18-9-5-15(6-10-18)7-12-22-29-20-11-8-16(13-21(20)30-22)19-4-2-1-3-17(19)14-28-33(27,31)32/h1-6,8-11,13,28H,14H2,(H,29,30)(H2,27,31,32). The lowest BCUT2D eigenvalue weighted by molar-refractivity contribution is -0.137. The smallest absolute Gasteiger partial charge is 0.331 e. The fourth-order valence-corrected chi connectivity index (χ4v) is 3.60. The molecule has 168 valence electrons. The number of rotatable bonds is 4. The summed E-state index contributed by atoms with van der Waals surface area (Å²) in [6.07, 6.45) is -4.39. The van der Waals surface area contributed by atoms with Gasteiger partial charge in [-0.1, -0.05) is 36.3 Å². The van der Waals surface area contributed by atoms with E-state index in [-0.39, 0.29) is 6.54 Å². The summed E-state index contributed by atoms with van der Waals surface area (Å²) in [5.74, 6) is 5.99. The highest BCUT2D eigenvalue weighted by atomic mass is 32.2. The van der Waals surface area contributed by atoms with Crippen molar-refractivity contribution in [2.45, 2.75) is 12.7 Å². The Morgan fingerprint density at radius 2 is 1.73 bits per heavy atom. The van der Waals surface area contributed by atoms with Gasteiger partial charge in [-0.05, 0) is 59.0 Å². The molecule has 0 fully saturated rings. The Morgan fingerprint density at radius 1 is 1.00 bits per heavy atom. The van der Waals surface area contributed by atoms with Crippen molar-refractivity contribution in [2.24, 2.45) is 5.14 Å². The van der Waals surface area contributed by atoms with Crippen molar-refractivity contribution in [1.29, 1.82) is 0 Å². The molecular weight excluding hydrogens is 453 g/mol. The first-order chi connectivity index (χ1) is 15.6. The van der Waals surface area contributed by atoms with Crippen molar-refractivity contribution < 1.29 is 21.6 Å². The van der Waals surface area contributed by atoms with Crippen LogP contribution < -0.4 is 9.86 Å². The number of hydrogen-bond acceptors (Lipinski definition) is 3. The molecule has 0 aliphatic carbocycles. The van der Waals surface area contributed by atoms with Gasteiger partial charge in [-0.2, -0.15) is 26.3 Å². The third-order valence-corrected chi connectivity index (χ3v) is 5.36. The zero-order valence-electron chi connectivity index (χ0n) is 16.9. The van der Waals surface area contributed by atoms with Crippen molar-refractivity contribution >= 4 is 21.2 Å². The molecular formula is C23H17F3N4O2S. The SMILES string of the molecule is NS(=O)(=O)NCc1ccccc1-c1ccc2[nH]c(C#Cc3ccc(C(F)(F)F)cc3)nc2c1. The van der Waals surface area contributed by atoms with Gasteiger partial charge in [-0.25, -0.2) is 10.1 Å². The van der Waals surface area contributed by atoms with Gasteiger partial charge in [0.15, 0.2) is 5.82 Å². The average Bonchev–Trinajstić information content (AvgIpc) is 3.18. The first-order valence-corrected chi connectivity index (χ1v) is 11.2. The Morgan fingerprint density at radius 3 is 2.42 bits per heavy atom. The van der Waals surface area contributed by atoms with E-state index in [0.717, 1.165) is 34.3 Å². The number of nitrogens with one attached hydrogen (secondary N) is 2. The van der Waals surface area contributed by atoms with Crippen LogP contribution in [0.2, 0.25) is 0 Å². The second-order valence-electron chi connectivity index (χ2n) is 7.17. The van der Waals surface area contributed by atoms with Crippen LogP contribution >= 0.6 is 0 Å². The van der Waals surface area contributed by atoms with Gasteiger partial charge in [-0.15, -0.1) is 0 Å². The second kappa shape index (κ2) is 8.71. The highest BCUT2D eigenvalue weighted by Gasteiger charge is 2.29. The summed E-state index contributed by atoms with van der Waals surface area (Å²) < 4.78 is 62.8. The number of aromatic nitrogens is 2. The maximum atomic E-state index is 12.7. The number of alkyl halides is 3. The van der Waals surface area contributed by atoms with Crippen molar-refractivity contribution in [3.8, 4) is 23.0 Å². The van der Waals surface area contributed by atoms with Crippen molar-refractivity contribution in [2.75, 3.05) is 0 Å². The van der Waals surface area contributed by atoms with E-state index in [1.807, 2.05) is 30.3 Å². The van der Waals surface area contributed by atoms with Gasteiger partial charge < -0.3 is 4.98 Å². The number of aromatic amines is 1. The van der Waals surface area contributed by atoms with Crippen LogP contribution in [0.1, 0.15) is 22.5 Å². The summed E-state index contributed by atoms with van der Waals surface area (Å²) in [5.41, 5.74) is 3.45. The number of nitrogens with zero attached hydrogens (tertiary/aromatic N) is 1. The van der Waals surface area contributed by atoms with Crippen molar-refractivity contribution in [3.05, 3.63) is 89.2 Å². The monoisotopic (exact) mass is 470 g/mol. The van der Waals surface area contributed by atoms with Gasteiger partial charge in [0.05, 0.1) is 16.6 Å². The summed E-state index contributed by atoms with van der Waals surface area (Å²) >= 11 is 0. The van der Waals surface area contributed by atoms with Crippen LogP contribution in [-0.4, -0.2) is 18.4 Å². The lowest BCUT2D eigenvalue weighted by Crippen LogP contribution is -2.30. The summed E-state index contributed by atoms with van der Waals surface area (Å²) in [7, 11) is -3.83. The van der Waals surface area contributed by atoms with Gasteiger partial charge in [0.1, 0.15) is 0 Å². The maximum Gasteiger partial charge on any atom is 0.416 e. The first kappa shape index (κ1) is 22.5. The molecule has 4 rings (SSSR count). The summed E-state index contributed by atoms with van der Waals surface area (Å²) in [5, 5.41) is 5.03. The highest BCUT2D eigenvalue weighted by Crippen LogP contribution is 2.29. The Balaban J connectivity index is 1.60. The zero-order valence-corrected chi connectivity index (χ0v) is 17.8. The molecule has 0 bridgehead atoms. The number of benzene rings is 3. The molecule has 0 amide bonds. The molecule has 1 heterocycles. The van der Waals surface area contributed by atoms with E-state index in [2.05, 4.69) is 26.5 Å². The molecule has 4 N–H and O–H groups in total. The number of imidazole rings is 1. The molecule has 0 aliphatic rings. The van der Waals surface area contributed by atoms with Gasteiger partial charge in [0.2, 0.25) is 0 Å². The largest absolute Gasteiger partial charge is 0.416 e. The molecule has 10 heteroatoms. The molecule has 0 atom stereocenters. The van der Waals surface area contributed by atoms with E-state index >= 15 is 0 Å². The molecule has 0 saturated heterocycles. The minimum atomic E-state index is -4.39. The van der Waals surface area contributed by atoms with Crippen LogP contribution in [0.15, 0.2) is 66.7 Å². The minimum absolute atomic E-state index is 0.0392. The Hall–Kier alpha value is -3.65. The van der Waals surface area contributed by atoms with Gasteiger partial charge in [0.25, 0.3) is 10.2 Å². The lowest BCUT2D eigenvalue weighted by atomic mass is 9.99. The normalized spacial score (nSPS) is 11.9. The van der Waals surface area contributed by atoms with Gasteiger partial charge in [0, 0.05) is 12.1 Å². The van der Waals surface area contributed by atoms with E-state index in [1.165, 1.54) is 12.1 Å². The predicted octanol–water partition coefficient (Wildman–Crippen LogP) is 3.94. The van der Waals surface area contributed by atoms with Crippen LogP contribution in [0.3, 0.4) is 0 Å². The topological polar surface area (TPSA) is 101 Å². The molecule has 0 unspecified atom stereocenters. The molecule has 6 nitrogen and oxygen atoms in total. The lowest BCUT2D eigenvalue weighted by Gasteiger charge is -2.10. The number of halogens is 3. The molecule has 1 aromatic heterocycles. The highest BCUT2D eigenvalue weighted by molar-refractivity contribution is 7.87. The van der Waals surface area contributed by atoms with Crippen LogP contribution in [-0.2, 0) is 22.9 Å². The summed E-state index contributed by atoms with van der Waals surface area (Å²) in [4.78, 5) is 7.51. The fraction of sp³-hybridized carbons (Fsp3) is 0.0870. The maximum absolute atomic E-state index is 12.7.